The number of nitrogens with zero attached hydrogens (tertiary/aromatic N) is 2. The Morgan fingerprint density at radius 1 is 0.929 bits per heavy atom. The van der Waals surface area contributed by atoms with Crippen molar-refractivity contribution < 1.29 is 9.53 Å². The van der Waals surface area contributed by atoms with E-state index in [1.165, 1.54) is 5.56 Å². The summed E-state index contributed by atoms with van der Waals surface area (Å²) >= 11 is 0. The average Bonchev–Trinajstić information content (AvgIpc) is 2.69. The zero-order valence-corrected chi connectivity index (χ0v) is 16.5. The van der Waals surface area contributed by atoms with Crippen LogP contribution in [0.2, 0.25) is 0 Å². The molecule has 1 aromatic heterocycles. The van der Waals surface area contributed by atoms with Crippen LogP contribution >= 0.6 is 0 Å². The van der Waals surface area contributed by atoms with Gasteiger partial charge in [0, 0.05) is 11.4 Å². The molecule has 0 aliphatic rings. The number of aromatic nitrogens is 2. The van der Waals surface area contributed by atoms with E-state index in [2.05, 4.69) is 47.7 Å². The molecule has 2 N–H and O–H groups in total. The molecule has 2 aromatic carbocycles. The van der Waals surface area contributed by atoms with Crippen LogP contribution in [0.15, 0.2) is 60.7 Å². The molecule has 0 saturated carbocycles. The van der Waals surface area contributed by atoms with E-state index in [1.54, 1.807) is 43.5 Å². The summed E-state index contributed by atoms with van der Waals surface area (Å²) in [6, 6.07) is 18.6. The highest BCUT2D eigenvalue weighted by molar-refractivity contribution is 6.02. The maximum atomic E-state index is 12.4. The van der Waals surface area contributed by atoms with E-state index in [1.807, 2.05) is 18.2 Å². The number of methoxy groups -OCH3 is 1. The molecule has 3 aromatic rings. The van der Waals surface area contributed by atoms with E-state index in [9.17, 15) is 4.79 Å². The molecule has 0 saturated heterocycles. The maximum absolute atomic E-state index is 12.4. The molecule has 6 heteroatoms. The van der Waals surface area contributed by atoms with Gasteiger partial charge in [0.25, 0.3) is 5.91 Å². The van der Waals surface area contributed by atoms with Gasteiger partial charge in [-0.2, -0.15) is 0 Å². The second-order valence-electron chi connectivity index (χ2n) is 7.41. The molecule has 0 aliphatic carbocycles. The van der Waals surface area contributed by atoms with E-state index in [0.29, 0.717) is 11.5 Å². The Balaban J connectivity index is 1.70. The fourth-order valence-electron chi connectivity index (χ4n) is 2.77. The van der Waals surface area contributed by atoms with E-state index in [0.717, 1.165) is 11.4 Å². The number of rotatable bonds is 5. The van der Waals surface area contributed by atoms with Gasteiger partial charge in [0.15, 0.2) is 11.5 Å². The highest BCUT2D eigenvalue weighted by Crippen LogP contribution is 2.30. The van der Waals surface area contributed by atoms with Crippen molar-refractivity contribution in [2.24, 2.45) is 0 Å². The lowest BCUT2D eigenvalue weighted by atomic mass is 9.86. The Bertz CT molecular complexity index is 946. The molecular weight excluding hydrogens is 352 g/mol. The number of hydrogen-bond donors (Lipinski definition) is 2. The van der Waals surface area contributed by atoms with Gasteiger partial charge in [-0.15, -0.1) is 10.2 Å². The molecule has 1 amide bonds. The molecule has 6 nitrogen and oxygen atoms in total. The molecule has 3 rings (SSSR count). The van der Waals surface area contributed by atoms with Crippen LogP contribution in [0.3, 0.4) is 0 Å². The third kappa shape index (κ3) is 4.65. The summed E-state index contributed by atoms with van der Waals surface area (Å²) in [6.07, 6.45) is 0. The van der Waals surface area contributed by atoms with Crippen molar-refractivity contribution in [1.29, 1.82) is 0 Å². The number of hydrogen-bond acceptors (Lipinski definition) is 5. The number of para-hydroxylation sites is 1. The summed E-state index contributed by atoms with van der Waals surface area (Å²) in [7, 11) is 1.60. The van der Waals surface area contributed by atoms with Crippen molar-refractivity contribution in [2.75, 3.05) is 17.7 Å². The molecule has 0 bridgehead atoms. The van der Waals surface area contributed by atoms with Crippen molar-refractivity contribution in [2.45, 2.75) is 26.2 Å². The van der Waals surface area contributed by atoms with Crippen molar-refractivity contribution in [3.05, 3.63) is 71.9 Å². The van der Waals surface area contributed by atoms with Crippen molar-refractivity contribution in [3.8, 4) is 5.75 Å². The minimum Gasteiger partial charge on any atom is -0.497 e. The van der Waals surface area contributed by atoms with Gasteiger partial charge < -0.3 is 15.4 Å². The summed E-state index contributed by atoms with van der Waals surface area (Å²) in [4.78, 5) is 12.4. The van der Waals surface area contributed by atoms with Gasteiger partial charge in [0.1, 0.15) is 5.75 Å². The predicted octanol–water partition coefficient (Wildman–Crippen LogP) is 4.78. The van der Waals surface area contributed by atoms with Gasteiger partial charge >= 0.3 is 0 Å². The number of amides is 1. The van der Waals surface area contributed by atoms with E-state index < -0.39 is 0 Å². The van der Waals surface area contributed by atoms with Gasteiger partial charge in [-0.05, 0) is 53.4 Å². The summed E-state index contributed by atoms with van der Waals surface area (Å²) < 4.78 is 5.11. The summed E-state index contributed by atoms with van der Waals surface area (Å²) in [5.74, 6) is 0.987. The van der Waals surface area contributed by atoms with Crippen molar-refractivity contribution >= 4 is 23.1 Å². The molecule has 0 fully saturated rings. The topological polar surface area (TPSA) is 76.1 Å². The van der Waals surface area contributed by atoms with Gasteiger partial charge in [0.2, 0.25) is 0 Å². The smallest absolute Gasteiger partial charge is 0.276 e. The fraction of sp³-hybridized carbons (Fsp3) is 0.227. The highest BCUT2D eigenvalue weighted by atomic mass is 16.5. The van der Waals surface area contributed by atoms with Crippen LogP contribution in [-0.2, 0) is 5.41 Å². The normalized spacial score (nSPS) is 11.0. The first kappa shape index (κ1) is 19.4. The number of benzene rings is 2. The zero-order chi connectivity index (χ0) is 20.1. The monoisotopic (exact) mass is 376 g/mol. The molecule has 0 aliphatic heterocycles. The minimum atomic E-state index is -0.320. The first-order valence-electron chi connectivity index (χ1n) is 9.02. The number of ether oxygens (including phenoxy) is 1. The lowest BCUT2D eigenvalue weighted by Crippen LogP contribution is -2.15. The van der Waals surface area contributed by atoms with Crippen LogP contribution in [-0.4, -0.2) is 23.2 Å². The molecule has 28 heavy (non-hydrogen) atoms. The third-order valence-corrected chi connectivity index (χ3v) is 4.24. The lowest BCUT2D eigenvalue weighted by Gasteiger charge is -2.23. The largest absolute Gasteiger partial charge is 0.497 e. The lowest BCUT2D eigenvalue weighted by molar-refractivity contribution is 0.102. The standard InChI is InChI=1S/C22H24N4O2/c1-22(2,3)17-7-5-6-8-18(17)24-20-14-13-19(25-26-20)21(27)23-15-9-11-16(28-4)12-10-15/h5-14H,1-4H3,(H,23,27)(H,24,26). The second kappa shape index (κ2) is 8.08. The Kier molecular flexibility index (Phi) is 5.59. The SMILES string of the molecule is COc1ccc(NC(=O)c2ccc(Nc3ccccc3C(C)(C)C)nn2)cc1. The van der Waals surface area contributed by atoms with E-state index in [4.69, 9.17) is 4.74 Å². The average molecular weight is 376 g/mol. The molecule has 0 radical (unpaired) electrons. The molecule has 0 atom stereocenters. The predicted molar refractivity (Wildman–Crippen MR) is 111 cm³/mol. The van der Waals surface area contributed by atoms with E-state index in [-0.39, 0.29) is 17.0 Å². The summed E-state index contributed by atoms with van der Waals surface area (Å²) in [5, 5.41) is 14.3. The Morgan fingerprint density at radius 2 is 1.64 bits per heavy atom. The zero-order valence-electron chi connectivity index (χ0n) is 16.5. The van der Waals surface area contributed by atoms with Crippen LogP contribution in [0.1, 0.15) is 36.8 Å². The number of anilines is 3. The Labute approximate surface area is 165 Å². The Hall–Kier alpha value is -3.41. The van der Waals surface area contributed by atoms with Gasteiger partial charge in [-0.25, -0.2) is 0 Å². The number of carbonyl (C=O) groups excluding carboxylic acids is 1. The molecule has 0 spiro atoms. The van der Waals surface area contributed by atoms with E-state index >= 15 is 0 Å². The fourth-order valence-corrected chi connectivity index (χ4v) is 2.77. The maximum Gasteiger partial charge on any atom is 0.276 e. The van der Waals surface area contributed by atoms with Crippen LogP contribution in [0.25, 0.3) is 0 Å². The van der Waals surface area contributed by atoms with Gasteiger partial charge in [-0.1, -0.05) is 39.0 Å². The van der Waals surface area contributed by atoms with Crippen molar-refractivity contribution in [1.82, 2.24) is 10.2 Å². The highest BCUT2D eigenvalue weighted by Gasteiger charge is 2.18. The summed E-state index contributed by atoms with van der Waals surface area (Å²) in [6.45, 7) is 6.48. The molecule has 1 heterocycles. The van der Waals surface area contributed by atoms with Gasteiger partial charge in [0.05, 0.1) is 7.11 Å². The van der Waals surface area contributed by atoms with Crippen LogP contribution in [0.4, 0.5) is 17.2 Å². The van der Waals surface area contributed by atoms with Gasteiger partial charge in [-0.3, -0.25) is 4.79 Å². The molecule has 144 valence electrons. The van der Waals surface area contributed by atoms with Crippen LogP contribution in [0, 0.1) is 0 Å². The Morgan fingerprint density at radius 3 is 2.25 bits per heavy atom. The summed E-state index contributed by atoms with van der Waals surface area (Å²) in [5.41, 5.74) is 3.05. The quantitative estimate of drug-likeness (QED) is 0.670. The first-order chi connectivity index (χ1) is 13.4. The number of carbonyl (C=O) groups is 1. The first-order valence-corrected chi connectivity index (χ1v) is 9.02. The molecular formula is C22H24N4O2. The van der Waals surface area contributed by atoms with Crippen LogP contribution in [0.5, 0.6) is 5.75 Å². The second-order valence-corrected chi connectivity index (χ2v) is 7.41. The van der Waals surface area contributed by atoms with Crippen LogP contribution < -0.4 is 15.4 Å². The minimum absolute atomic E-state index is 0.00475. The van der Waals surface area contributed by atoms with Crippen molar-refractivity contribution in [3.63, 3.8) is 0 Å². The third-order valence-electron chi connectivity index (χ3n) is 4.24. The molecule has 0 unspecified atom stereocenters. The number of nitrogens with one attached hydrogen (secondary N) is 2.